The topological polar surface area (TPSA) is 42.4 Å². The van der Waals surface area contributed by atoms with E-state index in [1.54, 1.807) is 0 Å². The molecule has 2 unspecified atom stereocenters. The number of ether oxygens (including phenoxy) is 1. The third-order valence-corrected chi connectivity index (χ3v) is 4.01. The van der Waals surface area contributed by atoms with Crippen molar-refractivity contribution in [3.63, 3.8) is 0 Å². The lowest BCUT2D eigenvalue weighted by Crippen LogP contribution is -2.29. The molecule has 0 aliphatic heterocycles. The Morgan fingerprint density at radius 3 is 2.42 bits per heavy atom. The van der Waals surface area contributed by atoms with Crippen LogP contribution in [-0.2, 0) is 6.61 Å². The van der Waals surface area contributed by atoms with E-state index in [9.17, 15) is 5.11 Å². The van der Waals surface area contributed by atoms with Gasteiger partial charge in [-0.1, -0.05) is 13.8 Å². The normalized spacial score (nSPS) is 27.3. The molecule has 0 amide bonds. The summed E-state index contributed by atoms with van der Waals surface area (Å²) in [5.74, 6) is 2.04. The van der Waals surface area contributed by atoms with Crippen molar-refractivity contribution in [2.75, 3.05) is 0 Å². The molecule has 1 aliphatic rings. The molecule has 0 spiro atoms. The molecule has 0 aromatic carbocycles. The predicted molar refractivity (Wildman–Crippen MR) is 76.2 cm³/mol. The summed E-state index contributed by atoms with van der Waals surface area (Å²) in [5, 5.41) is 9.50. The van der Waals surface area contributed by atoms with Gasteiger partial charge in [0.25, 0.3) is 0 Å². The fourth-order valence-corrected chi connectivity index (χ4v) is 3.25. The summed E-state index contributed by atoms with van der Waals surface area (Å²) in [6.45, 7) is 8.53. The first kappa shape index (κ1) is 14.3. The van der Waals surface area contributed by atoms with Crippen LogP contribution in [0.4, 0.5) is 0 Å². The van der Waals surface area contributed by atoms with Gasteiger partial charge in [-0.25, -0.2) is 4.98 Å². The number of pyridine rings is 1. The van der Waals surface area contributed by atoms with E-state index >= 15 is 0 Å². The summed E-state index contributed by atoms with van der Waals surface area (Å²) in [6, 6.07) is 1.99. The number of aryl methyl sites for hydroxylation is 2. The molecule has 0 saturated heterocycles. The summed E-state index contributed by atoms with van der Waals surface area (Å²) < 4.78 is 6.11. The van der Waals surface area contributed by atoms with Gasteiger partial charge in [0.1, 0.15) is 6.10 Å². The van der Waals surface area contributed by atoms with E-state index in [-0.39, 0.29) is 12.7 Å². The first-order valence-corrected chi connectivity index (χ1v) is 7.24. The standard InChI is InChI=1S/C16H25NO2/c1-10-5-11(2)7-14(6-10)19-16-15(9-18)12(3)8-13(4)17-16/h8,10-11,14,18H,5-7,9H2,1-4H3. The lowest BCUT2D eigenvalue weighted by molar-refractivity contribution is 0.0937. The summed E-state index contributed by atoms with van der Waals surface area (Å²) in [6.07, 6.45) is 3.69. The molecule has 3 nitrogen and oxygen atoms in total. The summed E-state index contributed by atoms with van der Waals surface area (Å²) in [7, 11) is 0. The van der Waals surface area contributed by atoms with Crippen molar-refractivity contribution in [2.45, 2.75) is 59.7 Å². The maximum absolute atomic E-state index is 9.50. The average Bonchev–Trinajstić information content (AvgIpc) is 2.26. The van der Waals surface area contributed by atoms with Crippen LogP contribution in [0.2, 0.25) is 0 Å². The quantitative estimate of drug-likeness (QED) is 0.909. The van der Waals surface area contributed by atoms with Crippen LogP contribution in [-0.4, -0.2) is 16.2 Å². The van der Waals surface area contributed by atoms with Crippen LogP contribution in [0.15, 0.2) is 6.07 Å². The molecule has 3 heteroatoms. The van der Waals surface area contributed by atoms with Crippen LogP contribution in [0.1, 0.15) is 49.9 Å². The first-order valence-electron chi connectivity index (χ1n) is 7.24. The molecule has 106 valence electrons. The van der Waals surface area contributed by atoms with E-state index in [0.29, 0.717) is 17.7 Å². The maximum Gasteiger partial charge on any atom is 0.219 e. The number of rotatable bonds is 3. The number of aliphatic hydroxyl groups excluding tert-OH is 1. The number of hydrogen-bond acceptors (Lipinski definition) is 3. The van der Waals surface area contributed by atoms with Gasteiger partial charge in [-0.15, -0.1) is 0 Å². The van der Waals surface area contributed by atoms with Crippen molar-refractivity contribution < 1.29 is 9.84 Å². The minimum Gasteiger partial charge on any atom is -0.474 e. The zero-order valence-corrected chi connectivity index (χ0v) is 12.4. The Bertz CT molecular complexity index is 435. The molecule has 1 aromatic heterocycles. The molecular formula is C16H25NO2. The van der Waals surface area contributed by atoms with E-state index in [1.807, 2.05) is 19.9 Å². The lowest BCUT2D eigenvalue weighted by atomic mass is 9.82. The number of nitrogens with zero attached hydrogens (tertiary/aromatic N) is 1. The summed E-state index contributed by atoms with van der Waals surface area (Å²) in [4.78, 5) is 4.47. The first-order chi connectivity index (χ1) is 8.99. The molecule has 1 N–H and O–H groups in total. The third-order valence-electron chi connectivity index (χ3n) is 4.01. The highest BCUT2D eigenvalue weighted by Crippen LogP contribution is 2.32. The van der Waals surface area contributed by atoms with Crippen molar-refractivity contribution in [3.05, 3.63) is 22.9 Å². The van der Waals surface area contributed by atoms with Gasteiger partial charge in [0.15, 0.2) is 0 Å². The minimum atomic E-state index is -0.00766. The Kier molecular flexibility index (Phi) is 4.46. The zero-order chi connectivity index (χ0) is 14.0. The highest BCUT2D eigenvalue weighted by atomic mass is 16.5. The number of aliphatic hydroxyl groups is 1. The van der Waals surface area contributed by atoms with Crippen molar-refractivity contribution in [1.29, 1.82) is 0 Å². The molecule has 1 fully saturated rings. The Morgan fingerprint density at radius 2 is 1.84 bits per heavy atom. The van der Waals surface area contributed by atoms with Gasteiger partial charge in [-0.3, -0.25) is 0 Å². The molecule has 19 heavy (non-hydrogen) atoms. The smallest absolute Gasteiger partial charge is 0.219 e. The molecule has 2 rings (SSSR count). The van der Waals surface area contributed by atoms with Gasteiger partial charge < -0.3 is 9.84 Å². The molecule has 0 bridgehead atoms. The van der Waals surface area contributed by atoms with E-state index in [0.717, 1.165) is 29.7 Å². The molecular weight excluding hydrogens is 238 g/mol. The Balaban J connectivity index is 2.18. The molecule has 1 aromatic rings. The second kappa shape index (κ2) is 5.91. The van der Waals surface area contributed by atoms with Crippen LogP contribution in [0.25, 0.3) is 0 Å². The Morgan fingerprint density at radius 1 is 1.21 bits per heavy atom. The van der Waals surface area contributed by atoms with Gasteiger partial charge >= 0.3 is 0 Å². The van der Waals surface area contributed by atoms with Crippen LogP contribution in [0, 0.1) is 25.7 Å². The van der Waals surface area contributed by atoms with Gasteiger partial charge in [-0.2, -0.15) is 0 Å². The number of hydrogen-bond donors (Lipinski definition) is 1. The highest BCUT2D eigenvalue weighted by molar-refractivity contribution is 5.35. The second-order valence-corrected chi connectivity index (χ2v) is 6.18. The summed E-state index contributed by atoms with van der Waals surface area (Å²) >= 11 is 0. The van der Waals surface area contributed by atoms with Crippen LogP contribution < -0.4 is 4.74 Å². The number of aromatic nitrogens is 1. The maximum atomic E-state index is 9.50. The molecule has 2 atom stereocenters. The van der Waals surface area contributed by atoms with Crippen molar-refractivity contribution >= 4 is 0 Å². The summed E-state index contributed by atoms with van der Waals surface area (Å²) in [5.41, 5.74) is 2.83. The molecule has 1 aliphatic carbocycles. The van der Waals surface area contributed by atoms with Crippen LogP contribution >= 0.6 is 0 Å². The Labute approximate surface area is 116 Å². The molecule has 1 saturated carbocycles. The van der Waals surface area contributed by atoms with E-state index < -0.39 is 0 Å². The second-order valence-electron chi connectivity index (χ2n) is 6.18. The monoisotopic (exact) mass is 263 g/mol. The van der Waals surface area contributed by atoms with Gasteiger partial charge in [0.2, 0.25) is 5.88 Å². The molecule has 0 radical (unpaired) electrons. The van der Waals surface area contributed by atoms with Crippen LogP contribution in [0.5, 0.6) is 5.88 Å². The zero-order valence-electron chi connectivity index (χ0n) is 12.4. The van der Waals surface area contributed by atoms with Crippen LogP contribution in [0.3, 0.4) is 0 Å². The molecule has 1 heterocycles. The largest absolute Gasteiger partial charge is 0.474 e. The minimum absolute atomic E-state index is 0.00766. The third kappa shape index (κ3) is 3.47. The van der Waals surface area contributed by atoms with Gasteiger partial charge in [0, 0.05) is 11.3 Å². The van der Waals surface area contributed by atoms with Crippen molar-refractivity contribution in [1.82, 2.24) is 4.98 Å². The van der Waals surface area contributed by atoms with E-state index in [2.05, 4.69) is 18.8 Å². The predicted octanol–water partition coefficient (Wildman–Crippen LogP) is 3.39. The fraction of sp³-hybridized carbons (Fsp3) is 0.688. The van der Waals surface area contributed by atoms with Gasteiger partial charge in [-0.05, 0) is 56.6 Å². The lowest BCUT2D eigenvalue weighted by Gasteiger charge is -2.32. The van der Waals surface area contributed by atoms with Gasteiger partial charge in [0.05, 0.1) is 6.61 Å². The van der Waals surface area contributed by atoms with Crippen molar-refractivity contribution in [3.8, 4) is 5.88 Å². The van der Waals surface area contributed by atoms with Crippen molar-refractivity contribution in [2.24, 2.45) is 11.8 Å². The average molecular weight is 263 g/mol. The van der Waals surface area contributed by atoms with E-state index in [4.69, 9.17) is 4.74 Å². The highest BCUT2D eigenvalue weighted by Gasteiger charge is 2.26. The van der Waals surface area contributed by atoms with E-state index in [1.165, 1.54) is 6.42 Å². The fourth-order valence-electron chi connectivity index (χ4n) is 3.25. The SMILES string of the molecule is Cc1cc(C)c(CO)c(OC2CC(C)CC(C)C2)n1. The Hall–Kier alpha value is -1.09.